The Hall–Kier alpha value is -1.82. The maximum atomic E-state index is 14.1. The molecule has 0 bridgehead atoms. The largest absolute Gasteiger partial charge is 0.393 e. The Labute approximate surface area is 143 Å². The summed E-state index contributed by atoms with van der Waals surface area (Å²) in [5.41, 5.74) is 1.63. The van der Waals surface area contributed by atoms with E-state index < -0.39 is 6.10 Å². The first-order chi connectivity index (χ1) is 11.4. The summed E-state index contributed by atoms with van der Waals surface area (Å²) in [4.78, 5) is 15.8. The molecule has 134 valence electrons. The topological polar surface area (TPSA) is 55.8 Å². The van der Waals surface area contributed by atoms with Crippen LogP contribution in [0.2, 0.25) is 0 Å². The Balaban J connectivity index is 1.93. The number of nitrogens with zero attached hydrogens (tertiary/aromatic N) is 2. The van der Waals surface area contributed by atoms with E-state index in [1.165, 1.54) is 6.07 Å². The molecule has 1 saturated heterocycles. The number of nitrogens with one attached hydrogen (secondary N) is 1. The minimum absolute atomic E-state index is 0.000150. The van der Waals surface area contributed by atoms with Crippen LogP contribution in [0, 0.1) is 12.7 Å². The van der Waals surface area contributed by atoms with E-state index in [0.717, 1.165) is 24.9 Å². The highest BCUT2D eigenvalue weighted by molar-refractivity contribution is 5.74. The van der Waals surface area contributed by atoms with Crippen molar-refractivity contribution < 1.29 is 14.3 Å². The summed E-state index contributed by atoms with van der Waals surface area (Å²) < 4.78 is 14.1. The molecule has 0 unspecified atom stereocenters. The molecule has 1 heterocycles. The van der Waals surface area contributed by atoms with E-state index in [2.05, 4.69) is 5.32 Å². The van der Waals surface area contributed by atoms with E-state index in [9.17, 15) is 14.3 Å². The lowest BCUT2D eigenvalue weighted by atomic mass is 10.0. The molecule has 2 rings (SSSR count). The summed E-state index contributed by atoms with van der Waals surface area (Å²) in [5, 5.41) is 12.3. The van der Waals surface area contributed by atoms with Crippen LogP contribution in [0.1, 0.15) is 31.7 Å². The van der Waals surface area contributed by atoms with Crippen LogP contribution in [0.4, 0.5) is 14.9 Å². The van der Waals surface area contributed by atoms with Crippen LogP contribution in [-0.2, 0) is 0 Å². The van der Waals surface area contributed by atoms with Crippen molar-refractivity contribution >= 4 is 11.7 Å². The van der Waals surface area contributed by atoms with Crippen molar-refractivity contribution in [3.05, 3.63) is 29.6 Å². The number of rotatable bonds is 5. The molecule has 1 aliphatic heterocycles. The molecule has 0 spiro atoms. The molecule has 1 fully saturated rings. The van der Waals surface area contributed by atoms with Crippen molar-refractivity contribution in [3.63, 3.8) is 0 Å². The quantitative estimate of drug-likeness (QED) is 0.868. The zero-order chi connectivity index (χ0) is 17.7. The molecule has 0 aromatic heterocycles. The van der Waals surface area contributed by atoms with Crippen LogP contribution in [-0.4, -0.2) is 54.9 Å². The lowest BCUT2D eigenvalue weighted by Crippen LogP contribution is -2.51. The number of anilines is 1. The molecule has 24 heavy (non-hydrogen) atoms. The van der Waals surface area contributed by atoms with Gasteiger partial charge in [-0.1, -0.05) is 6.07 Å². The zero-order valence-corrected chi connectivity index (χ0v) is 14.8. The highest BCUT2D eigenvalue weighted by Gasteiger charge is 2.24. The Morgan fingerprint density at radius 1 is 1.54 bits per heavy atom. The summed E-state index contributed by atoms with van der Waals surface area (Å²) in [5.74, 6) is -0.221. The number of halogens is 1. The fourth-order valence-electron chi connectivity index (χ4n) is 2.95. The normalized spacial score (nSPS) is 19.0. The van der Waals surface area contributed by atoms with Gasteiger partial charge in [-0.3, -0.25) is 0 Å². The van der Waals surface area contributed by atoms with E-state index in [1.807, 2.05) is 17.9 Å². The number of carbonyl (C=O) groups is 1. The molecule has 6 heteroatoms. The van der Waals surface area contributed by atoms with Gasteiger partial charge >= 0.3 is 6.03 Å². The van der Waals surface area contributed by atoms with Gasteiger partial charge in [-0.2, -0.15) is 0 Å². The number of carbonyl (C=O) groups excluding carboxylic acids is 1. The summed E-state index contributed by atoms with van der Waals surface area (Å²) in [7, 11) is 1.72. The number of piperidine rings is 1. The molecule has 1 aliphatic rings. The summed E-state index contributed by atoms with van der Waals surface area (Å²) in [6.45, 7) is 5.57. The maximum Gasteiger partial charge on any atom is 0.317 e. The number of aryl methyl sites for hydroxylation is 1. The number of hydrogen-bond acceptors (Lipinski definition) is 3. The standard InChI is InChI=1S/C18H28FN3O2/c1-13-6-7-16(19)17(11-13)22-9-4-5-15(12-22)20-18(24)21(3)10-8-14(2)23/h6-7,11,14-15,23H,4-5,8-10,12H2,1-3H3,(H,20,24)/t14-,15+/m1/s1. The van der Waals surface area contributed by atoms with E-state index in [1.54, 1.807) is 24.9 Å². The molecule has 5 nitrogen and oxygen atoms in total. The molecule has 2 N–H and O–H groups in total. The van der Waals surface area contributed by atoms with E-state index in [-0.39, 0.29) is 17.9 Å². The Bertz CT molecular complexity index is 565. The van der Waals surface area contributed by atoms with Gasteiger partial charge in [0.1, 0.15) is 5.82 Å². The first-order valence-electron chi connectivity index (χ1n) is 8.57. The number of aliphatic hydroxyl groups excluding tert-OH is 1. The van der Waals surface area contributed by atoms with Gasteiger partial charge in [0, 0.05) is 32.7 Å². The fraction of sp³-hybridized carbons (Fsp3) is 0.611. The number of urea groups is 1. The van der Waals surface area contributed by atoms with Crippen molar-refractivity contribution in [1.29, 1.82) is 0 Å². The Morgan fingerprint density at radius 2 is 2.29 bits per heavy atom. The van der Waals surface area contributed by atoms with E-state index in [0.29, 0.717) is 25.2 Å². The van der Waals surface area contributed by atoms with E-state index in [4.69, 9.17) is 0 Å². The highest BCUT2D eigenvalue weighted by Crippen LogP contribution is 2.24. The second kappa shape index (κ2) is 8.33. The van der Waals surface area contributed by atoms with Crippen LogP contribution in [0.5, 0.6) is 0 Å². The molecule has 1 aromatic rings. The van der Waals surface area contributed by atoms with Crippen molar-refractivity contribution in [2.75, 3.05) is 31.6 Å². The minimum atomic E-state index is -0.422. The first-order valence-corrected chi connectivity index (χ1v) is 8.57. The molecular weight excluding hydrogens is 309 g/mol. The molecule has 2 atom stereocenters. The summed E-state index contributed by atoms with van der Waals surface area (Å²) in [6, 6.07) is 4.97. The number of aliphatic hydroxyl groups is 1. The average Bonchev–Trinajstić information content (AvgIpc) is 2.55. The van der Waals surface area contributed by atoms with Crippen molar-refractivity contribution in [3.8, 4) is 0 Å². The van der Waals surface area contributed by atoms with Gasteiger partial charge in [0.25, 0.3) is 0 Å². The van der Waals surface area contributed by atoms with Crippen LogP contribution in [0.25, 0.3) is 0 Å². The smallest absolute Gasteiger partial charge is 0.317 e. The highest BCUT2D eigenvalue weighted by atomic mass is 19.1. The maximum absolute atomic E-state index is 14.1. The van der Waals surface area contributed by atoms with Gasteiger partial charge in [-0.25, -0.2) is 9.18 Å². The van der Waals surface area contributed by atoms with Gasteiger partial charge in [0.15, 0.2) is 0 Å². The average molecular weight is 337 g/mol. The van der Waals surface area contributed by atoms with Gasteiger partial charge in [-0.05, 0) is 50.8 Å². The van der Waals surface area contributed by atoms with Crippen LogP contribution in [0.3, 0.4) is 0 Å². The van der Waals surface area contributed by atoms with Gasteiger partial charge in [0.2, 0.25) is 0 Å². The van der Waals surface area contributed by atoms with Gasteiger partial charge in [0.05, 0.1) is 11.8 Å². The van der Waals surface area contributed by atoms with Gasteiger partial charge in [-0.15, -0.1) is 0 Å². The second-order valence-electron chi connectivity index (χ2n) is 6.75. The number of amides is 2. The van der Waals surface area contributed by atoms with Crippen molar-refractivity contribution in [1.82, 2.24) is 10.2 Å². The zero-order valence-electron chi connectivity index (χ0n) is 14.8. The van der Waals surface area contributed by atoms with Crippen LogP contribution < -0.4 is 10.2 Å². The molecule has 1 aromatic carbocycles. The van der Waals surface area contributed by atoms with E-state index >= 15 is 0 Å². The third-order valence-corrected chi connectivity index (χ3v) is 4.42. The molecular formula is C18H28FN3O2. The third-order valence-electron chi connectivity index (χ3n) is 4.42. The molecule has 2 amide bonds. The third kappa shape index (κ3) is 5.09. The predicted molar refractivity (Wildman–Crippen MR) is 93.8 cm³/mol. The van der Waals surface area contributed by atoms with Crippen molar-refractivity contribution in [2.45, 2.75) is 45.3 Å². The fourth-order valence-corrected chi connectivity index (χ4v) is 2.95. The first kappa shape index (κ1) is 18.5. The molecule has 0 aliphatic carbocycles. The molecule has 0 radical (unpaired) electrons. The van der Waals surface area contributed by atoms with Crippen molar-refractivity contribution in [2.24, 2.45) is 0 Å². The predicted octanol–water partition coefficient (Wildman–Crippen LogP) is 2.52. The molecule has 0 saturated carbocycles. The lowest BCUT2D eigenvalue weighted by Gasteiger charge is -2.35. The van der Waals surface area contributed by atoms with Crippen LogP contribution in [0.15, 0.2) is 18.2 Å². The number of hydrogen-bond donors (Lipinski definition) is 2. The Kier molecular flexibility index (Phi) is 6.43. The van der Waals surface area contributed by atoms with Crippen LogP contribution >= 0.6 is 0 Å². The lowest BCUT2D eigenvalue weighted by molar-refractivity contribution is 0.162. The monoisotopic (exact) mass is 337 g/mol. The summed E-state index contributed by atoms with van der Waals surface area (Å²) >= 11 is 0. The minimum Gasteiger partial charge on any atom is -0.393 e. The SMILES string of the molecule is Cc1ccc(F)c(N2CCC[C@H](NC(=O)N(C)CC[C@@H](C)O)C2)c1. The number of benzene rings is 1. The second-order valence-corrected chi connectivity index (χ2v) is 6.75. The Morgan fingerprint density at radius 3 is 3.00 bits per heavy atom. The summed E-state index contributed by atoms with van der Waals surface area (Å²) in [6.07, 6.45) is 1.93. The van der Waals surface area contributed by atoms with Gasteiger partial charge < -0.3 is 20.2 Å².